The van der Waals surface area contributed by atoms with Crippen molar-refractivity contribution in [2.75, 3.05) is 7.11 Å². The molecule has 1 aromatic carbocycles. The van der Waals surface area contributed by atoms with E-state index in [0.29, 0.717) is 0 Å². The van der Waals surface area contributed by atoms with Gasteiger partial charge in [-0.3, -0.25) is 14.6 Å². The van der Waals surface area contributed by atoms with Gasteiger partial charge in [0, 0.05) is 17.7 Å². The number of nitrogens with one attached hydrogen (secondary N) is 1. The van der Waals surface area contributed by atoms with E-state index < -0.39 is 53.1 Å². The Hall–Kier alpha value is -3.63. The Labute approximate surface area is 206 Å². The topological polar surface area (TPSA) is 115 Å². The van der Waals surface area contributed by atoms with Crippen LogP contribution in [0.15, 0.2) is 36.5 Å². The fraction of sp³-hybridized carbons (Fsp3) is 0.440. The number of benzene rings is 1. The molecule has 8 nitrogen and oxygen atoms in total. The molecule has 0 aliphatic carbocycles. The molecule has 0 aliphatic heterocycles. The second kappa shape index (κ2) is 11.0. The number of rotatable bonds is 9. The highest BCUT2D eigenvalue weighted by atomic mass is 19.4. The van der Waals surface area contributed by atoms with E-state index in [9.17, 15) is 32.7 Å². The number of aliphatic carboxylic acids is 1. The normalized spacial score (nSPS) is 14.4. The van der Waals surface area contributed by atoms with Gasteiger partial charge in [-0.05, 0) is 45.4 Å². The molecule has 196 valence electrons. The number of esters is 1. The summed E-state index contributed by atoms with van der Waals surface area (Å²) in [5.74, 6) is -3.61. The number of amides is 1. The lowest BCUT2D eigenvalue weighted by molar-refractivity contribution is -0.151. The number of hydrogen-bond acceptors (Lipinski definition) is 6. The minimum absolute atomic E-state index is 0.0174. The van der Waals surface area contributed by atoms with Crippen LogP contribution in [-0.2, 0) is 25.9 Å². The minimum atomic E-state index is -4.57. The van der Waals surface area contributed by atoms with Crippen molar-refractivity contribution in [3.63, 3.8) is 0 Å². The lowest BCUT2D eigenvalue weighted by atomic mass is 9.82. The van der Waals surface area contributed by atoms with Crippen LogP contribution in [0.5, 0.6) is 5.75 Å². The van der Waals surface area contributed by atoms with E-state index in [1.807, 2.05) is 0 Å². The lowest BCUT2D eigenvalue weighted by Gasteiger charge is -2.26. The predicted molar refractivity (Wildman–Crippen MR) is 124 cm³/mol. The third-order valence-electron chi connectivity index (χ3n) is 5.97. The van der Waals surface area contributed by atoms with Gasteiger partial charge in [0.15, 0.2) is 0 Å². The van der Waals surface area contributed by atoms with E-state index in [1.54, 1.807) is 0 Å². The molecule has 0 bridgehead atoms. The van der Waals surface area contributed by atoms with Gasteiger partial charge in [-0.2, -0.15) is 13.2 Å². The summed E-state index contributed by atoms with van der Waals surface area (Å²) in [6.07, 6.45) is -4.25. The Morgan fingerprint density at radius 1 is 1.06 bits per heavy atom. The number of ether oxygens (including phenoxy) is 2. The van der Waals surface area contributed by atoms with Gasteiger partial charge in [-0.15, -0.1) is 0 Å². The first-order valence-electron chi connectivity index (χ1n) is 11.1. The van der Waals surface area contributed by atoms with Crippen LogP contribution in [0.1, 0.15) is 67.7 Å². The fourth-order valence-electron chi connectivity index (χ4n) is 3.61. The van der Waals surface area contributed by atoms with Gasteiger partial charge in [0.05, 0.1) is 18.1 Å². The molecule has 0 unspecified atom stereocenters. The van der Waals surface area contributed by atoms with Crippen LogP contribution in [0.4, 0.5) is 13.2 Å². The van der Waals surface area contributed by atoms with Gasteiger partial charge in [0.2, 0.25) is 0 Å². The van der Waals surface area contributed by atoms with Crippen molar-refractivity contribution in [3.05, 3.63) is 58.9 Å². The summed E-state index contributed by atoms with van der Waals surface area (Å²) in [7, 11) is 1.32. The number of methoxy groups -OCH3 is 1. The second-order valence-electron chi connectivity index (χ2n) is 8.88. The number of alkyl halides is 3. The Bertz CT molecular complexity index is 1130. The van der Waals surface area contributed by atoms with Crippen LogP contribution in [0.3, 0.4) is 0 Å². The summed E-state index contributed by atoms with van der Waals surface area (Å²) < 4.78 is 50.7. The highest BCUT2D eigenvalue weighted by molar-refractivity contribution is 5.99. The van der Waals surface area contributed by atoms with Crippen molar-refractivity contribution < 1.29 is 42.1 Å². The Morgan fingerprint density at radius 2 is 1.67 bits per heavy atom. The summed E-state index contributed by atoms with van der Waals surface area (Å²) in [5, 5.41) is 12.1. The molecule has 0 radical (unpaired) electrons. The number of nitrogens with zero attached hydrogens (tertiary/aromatic N) is 1. The molecule has 0 spiro atoms. The third-order valence-corrected chi connectivity index (χ3v) is 5.97. The van der Waals surface area contributed by atoms with Crippen molar-refractivity contribution in [1.29, 1.82) is 0 Å². The van der Waals surface area contributed by atoms with Crippen molar-refractivity contribution in [2.24, 2.45) is 0 Å². The van der Waals surface area contributed by atoms with Gasteiger partial charge >= 0.3 is 18.1 Å². The average molecular weight is 511 g/mol. The first-order chi connectivity index (χ1) is 16.6. The van der Waals surface area contributed by atoms with E-state index in [2.05, 4.69) is 10.3 Å². The van der Waals surface area contributed by atoms with E-state index in [1.165, 1.54) is 72.2 Å². The van der Waals surface area contributed by atoms with E-state index in [-0.39, 0.29) is 22.6 Å². The molecule has 1 aromatic heterocycles. The molecule has 0 aliphatic rings. The zero-order chi connectivity index (χ0) is 27.4. The fourth-order valence-corrected chi connectivity index (χ4v) is 3.61. The zero-order valence-corrected chi connectivity index (χ0v) is 20.8. The summed E-state index contributed by atoms with van der Waals surface area (Å²) >= 11 is 0. The number of carbonyl (C=O) groups excluding carboxylic acids is 2. The Balaban J connectivity index is 2.21. The highest BCUT2D eigenvalue weighted by Gasteiger charge is 2.38. The molecule has 0 fully saturated rings. The molecule has 0 saturated carbocycles. The van der Waals surface area contributed by atoms with Crippen molar-refractivity contribution in [1.82, 2.24) is 10.3 Å². The van der Waals surface area contributed by atoms with E-state index in [0.717, 1.165) is 6.07 Å². The summed E-state index contributed by atoms with van der Waals surface area (Å²) in [4.78, 5) is 41.4. The number of hydrogen-bond donors (Lipinski definition) is 2. The van der Waals surface area contributed by atoms with Crippen LogP contribution in [-0.4, -0.2) is 47.2 Å². The van der Waals surface area contributed by atoms with Crippen molar-refractivity contribution >= 4 is 17.8 Å². The van der Waals surface area contributed by atoms with E-state index >= 15 is 0 Å². The average Bonchev–Trinajstić information content (AvgIpc) is 2.81. The van der Waals surface area contributed by atoms with Crippen molar-refractivity contribution in [2.45, 2.75) is 64.3 Å². The number of carboxylic acids is 1. The molecular formula is C25H29F3N2O6. The first kappa shape index (κ1) is 28.6. The van der Waals surface area contributed by atoms with Gasteiger partial charge in [-0.1, -0.05) is 25.1 Å². The molecule has 0 saturated heterocycles. The summed E-state index contributed by atoms with van der Waals surface area (Å²) in [6.45, 7) is 7.06. The molecule has 3 atom stereocenters. The Kier molecular flexibility index (Phi) is 8.71. The van der Waals surface area contributed by atoms with E-state index in [4.69, 9.17) is 9.47 Å². The monoisotopic (exact) mass is 510 g/mol. The Morgan fingerprint density at radius 3 is 2.22 bits per heavy atom. The van der Waals surface area contributed by atoms with Gasteiger partial charge in [-0.25, -0.2) is 4.79 Å². The molecular weight excluding hydrogens is 481 g/mol. The first-order valence-corrected chi connectivity index (χ1v) is 11.1. The number of halogens is 3. The largest absolute Gasteiger partial charge is 0.496 e. The number of carbonyl (C=O) groups is 3. The summed E-state index contributed by atoms with van der Waals surface area (Å²) in [6, 6.07) is 5.23. The van der Waals surface area contributed by atoms with Crippen molar-refractivity contribution in [3.8, 4) is 5.75 Å². The van der Waals surface area contributed by atoms with Crippen LogP contribution in [0.25, 0.3) is 0 Å². The molecule has 36 heavy (non-hydrogen) atoms. The smallest absolute Gasteiger partial charge is 0.416 e. The molecule has 2 rings (SSSR count). The van der Waals surface area contributed by atoms with Gasteiger partial charge < -0.3 is 19.9 Å². The highest BCUT2D eigenvalue weighted by Crippen LogP contribution is 2.37. The minimum Gasteiger partial charge on any atom is -0.496 e. The standard InChI is InChI=1S/C25H29F3N2O6/c1-13(16-9-7-8-10-17(16)25(26,27)28)15(3)36-22(32)14(2)30-21(31)20-19(24(4,5)23(33)34)18(35-6)11-12-29-20/h7-15H,1-6H3,(H,30,31)(H,33,34)/t13-,14+,15+/m1/s1. The van der Waals surface area contributed by atoms with Crippen LogP contribution >= 0.6 is 0 Å². The number of aromatic nitrogens is 1. The van der Waals surface area contributed by atoms with Gasteiger partial charge in [0.25, 0.3) is 5.91 Å². The predicted octanol–water partition coefficient (Wildman–Crippen LogP) is 4.32. The van der Waals surface area contributed by atoms with Crippen LogP contribution < -0.4 is 10.1 Å². The van der Waals surface area contributed by atoms with Crippen LogP contribution in [0, 0.1) is 0 Å². The lowest BCUT2D eigenvalue weighted by Crippen LogP contribution is -2.43. The zero-order valence-electron chi connectivity index (χ0n) is 20.8. The number of pyridine rings is 1. The molecule has 1 amide bonds. The molecule has 11 heteroatoms. The third kappa shape index (κ3) is 6.13. The maximum absolute atomic E-state index is 13.4. The molecule has 2 aromatic rings. The maximum Gasteiger partial charge on any atom is 0.416 e. The summed E-state index contributed by atoms with van der Waals surface area (Å²) in [5.41, 5.74) is -2.63. The van der Waals surface area contributed by atoms with Gasteiger partial charge in [0.1, 0.15) is 23.6 Å². The molecule has 2 N–H and O–H groups in total. The quantitative estimate of drug-likeness (QED) is 0.483. The van der Waals surface area contributed by atoms with Crippen LogP contribution in [0.2, 0.25) is 0 Å². The SMILES string of the molecule is COc1ccnc(C(=O)N[C@@H](C)C(=O)O[C@@H](C)[C@@H](C)c2ccccc2C(F)(F)F)c1C(C)(C)C(=O)O. The molecule has 1 heterocycles. The number of carboxylic acid groups (broad SMARTS) is 1. The maximum atomic E-state index is 13.4. The second-order valence-corrected chi connectivity index (χ2v) is 8.88.